The van der Waals surface area contributed by atoms with Crippen molar-refractivity contribution in [3.05, 3.63) is 41.2 Å². The van der Waals surface area contributed by atoms with Crippen molar-refractivity contribution in [3.8, 4) is 6.07 Å². The minimum absolute atomic E-state index is 0.0604. The van der Waals surface area contributed by atoms with E-state index >= 15 is 0 Å². The summed E-state index contributed by atoms with van der Waals surface area (Å²) in [6.07, 6.45) is 1.41. The number of carbonyl (C=O) groups excluding carboxylic acids is 2. The quantitative estimate of drug-likeness (QED) is 0.557. The van der Waals surface area contributed by atoms with Crippen molar-refractivity contribution >= 4 is 40.7 Å². The number of nitrogens with zero attached hydrogens (tertiary/aromatic N) is 6. The van der Waals surface area contributed by atoms with Crippen molar-refractivity contribution in [1.82, 2.24) is 20.2 Å². The molecule has 1 saturated heterocycles. The van der Waals surface area contributed by atoms with Crippen molar-refractivity contribution in [3.63, 3.8) is 0 Å². The van der Waals surface area contributed by atoms with E-state index in [1.54, 1.807) is 4.90 Å². The third-order valence-electron chi connectivity index (χ3n) is 6.16. The first kappa shape index (κ1) is 24.7. The highest BCUT2D eigenvalue weighted by molar-refractivity contribution is 6.30. The molecule has 3 heterocycles. The molecule has 184 valence electrons. The summed E-state index contributed by atoms with van der Waals surface area (Å²) in [4.78, 5) is 39.9. The monoisotopic (exact) mass is 496 g/mol. The Morgan fingerprint density at radius 1 is 1.20 bits per heavy atom. The van der Waals surface area contributed by atoms with Gasteiger partial charge >= 0.3 is 0 Å². The highest BCUT2D eigenvalue weighted by Gasteiger charge is 2.33. The maximum absolute atomic E-state index is 13.6. The van der Waals surface area contributed by atoms with Gasteiger partial charge in [-0.15, -0.1) is 0 Å². The number of nitrogens with one attached hydrogen (secondary N) is 2. The van der Waals surface area contributed by atoms with Crippen molar-refractivity contribution in [2.45, 2.75) is 25.8 Å². The second kappa shape index (κ2) is 10.9. The number of hydrogen-bond acceptors (Lipinski definition) is 8. The molecule has 1 aromatic heterocycles. The molecule has 0 aliphatic carbocycles. The van der Waals surface area contributed by atoms with E-state index in [1.807, 2.05) is 29.2 Å². The van der Waals surface area contributed by atoms with Gasteiger partial charge in [0.25, 0.3) is 0 Å². The Morgan fingerprint density at radius 2 is 1.91 bits per heavy atom. The lowest BCUT2D eigenvalue weighted by molar-refractivity contribution is -0.133. The molecule has 11 heteroatoms. The Labute approximate surface area is 209 Å². The van der Waals surface area contributed by atoms with E-state index in [0.717, 1.165) is 5.56 Å². The van der Waals surface area contributed by atoms with E-state index in [0.29, 0.717) is 55.1 Å². The molecule has 2 aliphatic heterocycles. The predicted molar refractivity (Wildman–Crippen MR) is 135 cm³/mol. The molecule has 2 aromatic rings. The molecule has 10 nitrogen and oxygen atoms in total. The predicted octanol–water partition coefficient (Wildman–Crippen LogP) is 1.84. The smallest absolute Gasteiger partial charge is 0.245 e. The summed E-state index contributed by atoms with van der Waals surface area (Å²) in [6, 6.07) is 9.82. The number of hydrogen-bond donors (Lipinski definition) is 2. The van der Waals surface area contributed by atoms with E-state index in [-0.39, 0.29) is 36.9 Å². The van der Waals surface area contributed by atoms with Crippen LogP contribution in [0.3, 0.4) is 0 Å². The van der Waals surface area contributed by atoms with Gasteiger partial charge in [0.1, 0.15) is 18.6 Å². The second-order valence-electron chi connectivity index (χ2n) is 8.94. The van der Waals surface area contributed by atoms with E-state index in [1.165, 1.54) is 6.33 Å². The molecule has 35 heavy (non-hydrogen) atoms. The SMILES string of the molecule is CC(C)NCC(C(=O)N1CCN(c2ncnc3c2N(CC#N)CC(=O)N3)CC1)c1ccc(Cl)cc1. The van der Waals surface area contributed by atoms with Crippen LogP contribution in [0.25, 0.3) is 0 Å². The van der Waals surface area contributed by atoms with Crippen LogP contribution >= 0.6 is 11.6 Å². The summed E-state index contributed by atoms with van der Waals surface area (Å²) in [5.41, 5.74) is 1.58. The van der Waals surface area contributed by atoms with Gasteiger partial charge in [0.05, 0.1) is 18.5 Å². The van der Waals surface area contributed by atoms with Gasteiger partial charge in [0, 0.05) is 43.8 Å². The van der Waals surface area contributed by atoms with Crippen LogP contribution in [0.1, 0.15) is 25.3 Å². The first-order valence-electron chi connectivity index (χ1n) is 11.7. The molecule has 1 atom stereocenters. The zero-order valence-electron chi connectivity index (χ0n) is 19.9. The fourth-order valence-electron chi connectivity index (χ4n) is 4.38. The summed E-state index contributed by atoms with van der Waals surface area (Å²) in [6.45, 7) is 7.02. The molecule has 0 spiro atoms. The summed E-state index contributed by atoms with van der Waals surface area (Å²) in [5.74, 6) is 0.615. The number of aromatic nitrogens is 2. The van der Waals surface area contributed by atoms with Crippen LogP contribution < -0.4 is 20.4 Å². The lowest BCUT2D eigenvalue weighted by atomic mass is 9.96. The van der Waals surface area contributed by atoms with Gasteiger partial charge in [0.15, 0.2) is 11.6 Å². The number of benzene rings is 1. The van der Waals surface area contributed by atoms with Crippen LogP contribution in [0.5, 0.6) is 0 Å². The lowest BCUT2D eigenvalue weighted by Gasteiger charge is -2.39. The van der Waals surface area contributed by atoms with Gasteiger partial charge in [0.2, 0.25) is 11.8 Å². The van der Waals surface area contributed by atoms with Gasteiger partial charge in [-0.25, -0.2) is 9.97 Å². The Hall–Kier alpha value is -3.42. The molecule has 2 aliphatic rings. The van der Waals surface area contributed by atoms with Crippen molar-refractivity contribution in [2.24, 2.45) is 0 Å². The zero-order valence-corrected chi connectivity index (χ0v) is 20.6. The summed E-state index contributed by atoms with van der Waals surface area (Å²) in [7, 11) is 0. The number of halogens is 1. The van der Waals surface area contributed by atoms with Crippen LogP contribution in [-0.2, 0) is 9.59 Å². The van der Waals surface area contributed by atoms with E-state index in [4.69, 9.17) is 11.6 Å². The Balaban J connectivity index is 1.50. The fraction of sp³-hybridized carbons (Fsp3) is 0.458. The molecular formula is C24H29ClN8O2. The minimum atomic E-state index is -0.311. The van der Waals surface area contributed by atoms with Gasteiger partial charge in [-0.1, -0.05) is 37.6 Å². The third-order valence-corrected chi connectivity index (χ3v) is 6.42. The number of rotatable bonds is 7. The molecule has 0 radical (unpaired) electrons. The summed E-state index contributed by atoms with van der Waals surface area (Å²) >= 11 is 6.06. The second-order valence-corrected chi connectivity index (χ2v) is 9.37. The van der Waals surface area contributed by atoms with Crippen molar-refractivity contribution in [2.75, 3.05) is 60.9 Å². The van der Waals surface area contributed by atoms with Crippen LogP contribution in [0.2, 0.25) is 5.02 Å². The average molecular weight is 497 g/mol. The molecule has 0 saturated carbocycles. The zero-order chi connectivity index (χ0) is 24.9. The lowest BCUT2D eigenvalue weighted by Crippen LogP contribution is -2.52. The first-order chi connectivity index (χ1) is 16.9. The Morgan fingerprint density at radius 3 is 2.57 bits per heavy atom. The van der Waals surface area contributed by atoms with Gasteiger partial charge < -0.3 is 25.3 Å². The van der Waals surface area contributed by atoms with E-state index < -0.39 is 0 Å². The van der Waals surface area contributed by atoms with Crippen LogP contribution in [-0.4, -0.2) is 78.5 Å². The third kappa shape index (κ3) is 5.63. The number of amides is 2. The fourth-order valence-corrected chi connectivity index (χ4v) is 4.51. The molecule has 1 unspecified atom stereocenters. The largest absolute Gasteiger partial charge is 0.351 e. The molecular weight excluding hydrogens is 468 g/mol. The molecule has 2 amide bonds. The van der Waals surface area contributed by atoms with Crippen LogP contribution in [0, 0.1) is 11.3 Å². The van der Waals surface area contributed by atoms with E-state index in [2.05, 4.69) is 45.4 Å². The molecule has 0 bridgehead atoms. The molecule has 1 fully saturated rings. The van der Waals surface area contributed by atoms with Crippen LogP contribution in [0.15, 0.2) is 30.6 Å². The highest BCUT2D eigenvalue weighted by Crippen LogP contribution is 2.36. The van der Waals surface area contributed by atoms with Crippen molar-refractivity contribution in [1.29, 1.82) is 5.26 Å². The van der Waals surface area contributed by atoms with Gasteiger partial charge in [-0.3, -0.25) is 9.59 Å². The maximum Gasteiger partial charge on any atom is 0.245 e. The summed E-state index contributed by atoms with van der Waals surface area (Å²) < 4.78 is 0. The first-order valence-corrected chi connectivity index (χ1v) is 12.0. The molecule has 4 rings (SSSR count). The highest BCUT2D eigenvalue weighted by atomic mass is 35.5. The Kier molecular flexibility index (Phi) is 7.68. The maximum atomic E-state index is 13.6. The van der Waals surface area contributed by atoms with Gasteiger partial charge in [-0.2, -0.15) is 5.26 Å². The summed E-state index contributed by atoms with van der Waals surface area (Å²) in [5, 5.41) is 16.0. The topological polar surface area (TPSA) is 117 Å². The number of nitriles is 1. The van der Waals surface area contributed by atoms with Gasteiger partial charge in [-0.05, 0) is 17.7 Å². The average Bonchev–Trinajstić information content (AvgIpc) is 2.84. The normalized spacial score (nSPS) is 16.5. The number of carbonyl (C=O) groups is 2. The van der Waals surface area contributed by atoms with Crippen LogP contribution in [0.4, 0.5) is 17.3 Å². The number of anilines is 3. The number of piperazine rings is 1. The molecule has 1 aromatic carbocycles. The molecule has 2 N–H and O–H groups in total. The Bertz CT molecular complexity index is 1110. The standard InChI is InChI=1S/C24H29ClN8O2/c1-16(2)27-13-19(17-3-5-18(25)6-4-17)24(35)32-11-9-31(10-12-32)23-21-22(28-15-29-23)30-20(34)14-33(21)8-7-26/h3-6,15-16,19,27H,8-14H2,1-2H3,(H,28,29,30,34). The minimum Gasteiger partial charge on any atom is -0.351 e. The number of fused-ring (bicyclic) bond motifs is 1. The van der Waals surface area contributed by atoms with E-state index in [9.17, 15) is 14.9 Å². The van der Waals surface area contributed by atoms with Crippen molar-refractivity contribution < 1.29 is 9.59 Å².